The van der Waals surface area contributed by atoms with Crippen LogP contribution in [0.3, 0.4) is 0 Å². The number of pyridine rings is 1. The number of nitrogens with zero attached hydrogens (tertiary/aromatic N) is 4. The van der Waals surface area contributed by atoms with E-state index in [2.05, 4.69) is 15.2 Å². The lowest BCUT2D eigenvalue weighted by molar-refractivity contribution is 0.433. The van der Waals surface area contributed by atoms with Crippen molar-refractivity contribution in [2.45, 2.75) is 19.9 Å². The average Bonchev–Trinajstić information content (AvgIpc) is 3.06. The highest BCUT2D eigenvalue weighted by Crippen LogP contribution is 2.26. The Morgan fingerprint density at radius 2 is 2.00 bits per heavy atom. The highest BCUT2D eigenvalue weighted by molar-refractivity contribution is 5.64. The van der Waals surface area contributed by atoms with E-state index in [9.17, 15) is 0 Å². The summed E-state index contributed by atoms with van der Waals surface area (Å²) >= 11 is 0. The summed E-state index contributed by atoms with van der Waals surface area (Å²) in [7, 11) is 0. The fourth-order valence-electron chi connectivity index (χ4n) is 1.97. The minimum Gasteiger partial charge on any atom is -0.384 e. The molecule has 6 heteroatoms. The van der Waals surface area contributed by atoms with Crippen LogP contribution in [0.2, 0.25) is 0 Å². The van der Waals surface area contributed by atoms with Gasteiger partial charge in [0.2, 0.25) is 0 Å². The summed E-state index contributed by atoms with van der Waals surface area (Å²) in [5.74, 6) is 1.22. The Hall–Kier alpha value is -2.63. The van der Waals surface area contributed by atoms with Crippen molar-refractivity contribution in [3.63, 3.8) is 0 Å². The molecule has 2 N–H and O–H groups in total. The number of nitrogen functional groups attached to an aromatic ring is 1. The molecule has 0 unspecified atom stereocenters. The van der Waals surface area contributed by atoms with Gasteiger partial charge in [-0.2, -0.15) is 5.10 Å². The van der Waals surface area contributed by atoms with E-state index in [1.54, 1.807) is 16.9 Å². The van der Waals surface area contributed by atoms with Crippen LogP contribution < -0.4 is 5.73 Å². The largest absolute Gasteiger partial charge is 0.384 e. The molecule has 20 heavy (non-hydrogen) atoms. The Balaban J connectivity index is 1.96. The van der Waals surface area contributed by atoms with E-state index in [4.69, 9.17) is 10.3 Å². The maximum atomic E-state index is 5.93. The smallest absolute Gasteiger partial charge is 0.185 e. The summed E-state index contributed by atoms with van der Waals surface area (Å²) in [6.07, 6.45) is 1.71. The molecule has 0 spiro atoms. The molecule has 0 atom stereocenters. The van der Waals surface area contributed by atoms with Crippen LogP contribution in [-0.4, -0.2) is 19.9 Å². The van der Waals surface area contributed by atoms with Gasteiger partial charge in [-0.15, -0.1) is 0 Å². The maximum absolute atomic E-state index is 5.93. The predicted octanol–water partition coefficient (Wildman–Crippen LogP) is 2.76. The van der Waals surface area contributed by atoms with E-state index in [1.807, 2.05) is 38.1 Å². The number of aromatic nitrogens is 4. The van der Waals surface area contributed by atoms with Crippen molar-refractivity contribution in [2.24, 2.45) is 0 Å². The molecule has 0 aliphatic rings. The summed E-state index contributed by atoms with van der Waals surface area (Å²) in [6.45, 7) is 4.05. The summed E-state index contributed by atoms with van der Waals surface area (Å²) < 4.78 is 7.07. The predicted molar refractivity (Wildman–Crippen MR) is 75.8 cm³/mol. The molecule has 102 valence electrons. The Morgan fingerprint density at radius 3 is 2.65 bits per heavy atom. The van der Waals surface area contributed by atoms with Crippen LogP contribution >= 0.6 is 0 Å². The molecule has 6 nitrogen and oxygen atoms in total. The van der Waals surface area contributed by atoms with Gasteiger partial charge < -0.3 is 10.3 Å². The first-order chi connectivity index (χ1) is 9.65. The second-order valence-corrected chi connectivity index (χ2v) is 4.78. The first-order valence-electron chi connectivity index (χ1n) is 6.38. The fourth-order valence-corrected chi connectivity index (χ4v) is 1.97. The zero-order chi connectivity index (χ0) is 14.1. The Morgan fingerprint density at radius 1 is 1.15 bits per heavy atom. The first-order valence-corrected chi connectivity index (χ1v) is 6.38. The van der Waals surface area contributed by atoms with Gasteiger partial charge in [0.25, 0.3) is 0 Å². The van der Waals surface area contributed by atoms with Crippen LogP contribution in [0.25, 0.3) is 22.8 Å². The lowest BCUT2D eigenvalue weighted by atomic mass is 10.2. The molecule has 0 aliphatic heterocycles. The molecule has 0 bridgehead atoms. The van der Waals surface area contributed by atoms with E-state index in [-0.39, 0.29) is 6.04 Å². The number of rotatable bonds is 3. The van der Waals surface area contributed by atoms with E-state index in [1.165, 1.54) is 0 Å². The van der Waals surface area contributed by atoms with E-state index in [0.717, 1.165) is 5.69 Å². The van der Waals surface area contributed by atoms with Crippen molar-refractivity contribution in [3.05, 3.63) is 36.5 Å². The molecule has 3 aromatic heterocycles. The number of hydrogen-bond donors (Lipinski definition) is 1. The summed E-state index contributed by atoms with van der Waals surface area (Å²) in [6, 6.07) is 9.42. The van der Waals surface area contributed by atoms with Crippen molar-refractivity contribution >= 4 is 5.82 Å². The molecular weight excluding hydrogens is 254 g/mol. The minimum absolute atomic E-state index is 0.200. The Bertz CT molecular complexity index is 714. The molecule has 0 fully saturated rings. The van der Waals surface area contributed by atoms with Gasteiger partial charge in [-0.1, -0.05) is 11.2 Å². The lowest BCUT2D eigenvalue weighted by Gasteiger charge is -2.06. The van der Waals surface area contributed by atoms with Crippen molar-refractivity contribution in [3.8, 4) is 22.8 Å². The summed E-state index contributed by atoms with van der Waals surface area (Å²) in [4.78, 5) is 4.22. The average molecular weight is 269 g/mol. The summed E-state index contributed by atoms with van der Waals surface area (Å²) in [5.41, 5.74) is 8.01. The van der Waals surface area contributed by atoms with E-state index < -0.39 is 0 Å². The minimum atomic E-state index is 0.200. The highest BCUT2D eigenvalue weighted by Gasteiger charge is 2.14. The van der Waals surface area contributed by atoms with Crippen LogP contribution in [-0.2, 0) is 0 Å². The van der Waals surface area contributed by atoms with Crippen molar-refractivity contribution in [1.29, 1.82) is 0 Å². The van der Waals surface area contributed by atoms with Gasteiger partial charge in [-0.25, -0.2) is 4.68 Å². The molecule has 0 amide bonds. The number of hydrogen-bond acceptors (Lipinski definition) is 5. The van der Waals surface area contributed by atoms with Gasteiger partial charge >= 0.3 is 0 Å². The van der Waals surface area contributed by atoms with Gasteiger partial charge in [0.15, 0.2) is 5.76 Å². The third-order valence-corrected chi connectivity index (χ3v) is 2.94. The highest BCUT2D eigenvalue weighted by atomic mass is 16.5. The van der Waals surface area contributed by atoms with Gasteiger partial charge in [0.05, 0.1) is 0 Å². The second kappa shape index (κ2) is 4.80. The van der Waals surface area contributed by atoms with Gasteiger partial charge in [0, 0.05) is 24.4 Å². The number of anilines is 1. The maximum Gasteiger partial charge on any atom is 0.185 e. The molecule has 0 aliphatic carbocycles. The fraction of sp³-hybridized carbons (Fsp3) is 0.214. The summed E-state index contributed by atoms with van der Waals surface area (Å²) in [5, 5.41) is 8.47. The Kier molecular flexibility index (Phi) is 2.98. The number of nitrogens with two attached hydrogens (primary N) is 1. The zero-order valence-electron chi connectivity index (χ0n) is 11.3. The first kappa shape index (κ1) is 12.4. The topological polar surface area (TPSA) is 82.8 Å². The molecule has 3 aromatic rings. The normalized spacial score (nSPS) is 11.2. The molecule has 0 radical (unpaired) electrons. The second-order valence-electron chi connectivity index (χ2n) is 4.78. The van der Waals surface area contributed by atoms with Crippen molar-refractivity contribution < 1.29 is 4.52 Å². The molecule has 3 rings (SSSR count). The zero-order valence-corrected chi connectivity index (χ0v) is 11.3. The molecule has 3 heterocycles. The Labute approximate surface area is 116 Å². The molecule has 0 saturated carbocycles. The third-order valence-electron chi connectivity index (χ3n) is 2.94. The van der Waals surface area contributed by atoms with Crippen molar-refractivity contribution in [1.82, 2.24) is 19.9 Å². The SMILES string of the molecule is CC(C)n1nc(-c2cc(-c3ccccn3)on2)cc1N. The van der Waals surface area contributed by atoms with Crippen LogP contribution in [0.4, 0.5) is 5.82 Å². The lowest BCUT2D eigenvalue weighted by Crippen LogP contribution is -2.06. The molecule has 0 aromatic carbocycles. The van der Waals surface area contributed by atoms with Crippen LogP contribution in [0.5, 0.6) is 0 Å². The molecule has 0 saturated heterocycles. The standard InChI is InChI=1S/C14H15N5O/c1-9(2)19-14(15)8-11(17-19)12-7-13(20-18-12)10-5-3-4-6-16-10/h3-9H,15H2,1-2H3. The van der Waals surface area contributed by atoms with Crippen LogP contribution in [0.15, 0.2) is 41.1 Å². The van der Waals surface area contributed by atoms with E-state index in [0.29, 0.717) is 23.0 Å². The van der Waals surface area contributed by atoms with Crippen molar-refractivity contribution in [2.75, 3.05) is 5.73 Å². The van der Waals surface area contributed by atoms with Crippen LogP contribution in [0.1, 0.15) is 19.9 Å². The van der Waals surface area contributed by atoms with Gasteiger partial charge in [0.1, 0.15) is 22.9 Å². The van der Waals surface area contributed by atoms with Gasteiger partial charge in [-0.3, -0.25) is 4.98 Å². The quantitative estimate of drug-likeness (QED) is 0.790. The molecular formula is C14H15N5O. The third kappa shape index (κ3) is 2.16. The van der Waals surface area contributed by atoms with Crippen LogP contribution in [0, 0.1) is 0 Å². The van der Waals surface area contributed by atoms with Gasteiger partial charge in [-0.05, 0) is 26.0 Å². The van der Waals surface area contributed by atoms with E-state index >= 15 is 0 Å². The monoisotopic (exact) mass is 269 g/mol.